The van der Waals surface area contributed by atoms with Gasteiger partial charge in [-0.1, -0.05) is 13.0 Å². The van der Waals surface area contributed by atoms with E-state index < -0.39 is 6.10 Å². The molecule has 0 aromatic heterocycles. The van der Waals surface area contributed by atoms with E-state index in [1.807, 2.05) is 18.2 Å². The molecule has 162 valence electrons. The second kappa shape index (κ2) is 8.23. The number of hydrogen-bond donors (Lipinski definition) is 1. The molecule has 0 spiro atoms. The normalized spacial score (nSPS) is 34.0. The van der Waals surface area contributed by atoms with Gasteiger partial charge in [-0.3, -0.25) is 4.79 Å². The molecule has 6 heteroatoms. The van der Waals surface area contributed by atoms with Gasteiger partial charge in [0.15, 0.2) is 17.3 Å². The minimum atomic E-state index is -0.416. The van der Waals surface area contributed by atoms with E-state index in [4.69, 9.17) is 14.2 Å². The molecule has 1 aromatic carbocycles. The highest BCUT2D eigenvalue weighted by molar-refractivity contribution is 6.22. The lowest BCUT2D eigenvalue weighted by Gasteiger charge is -2.44. The molecule has 0 bridgehead atoms. The van der Waals surface area contributed by atoms with Crippen LogP contribution in [0.25, 0.3) is 5.57 Å². The van der Waals surface area contributed by atoms with E-state index >= 15 is 0 Å². The number of benzene rings is 1. The first-order valence-corrected chi connectivity index (χ1v) is 11.3. The highest BCUT2D eigenvalue weighted by Crippen LogP contribution is 2.41. The van der Waals surface area contributed by atoms with Crippen LogP contribution in [0.15, 0.2) is 24.5 Å². The highest BCUT2D eigenvalue weighted by atomic mass is 16.6. The Balaban J connectivity index is 1.36. The van der Waals surface area contributed by atoms with Gasteiger partial charge in [0.25, 0.3) is 0 Å². The maximum absolute atomic E-state index is 13.4. The average Bonchev–Trinajstić information content (AvgIpc) is 2.76. The molecule has 5 unspecified atom stereocenters. The molecule has 1 N–H and O–H groups in total. The van der Waals surface area contributed by atoms with Crippen molar-refractivity contribution in [1.82, 2.24) is 4.90 Å². The van der Waals surface area contributed by atoms with Crippen LogP contribution in [0.4, 0.5) is 0 Å². The Bertz CT molecular complexity index is 837. The van der Waals surface area contributed by atoms with Gasteiger partial charge < -0.3 is 24.2 Å². The molecule has 3 heterocycles. The topological polar surface area (TPSA) is 68.2 Å². The second-order valence-electron chi connectivity index (χ2n) is 9.28. The molecule has 30 heavy (non-hydrogen) atoms. The van der Waals surface area contributed by atoms with E-state index in [1.54, 1.807) is 6.26 Å². The Kier molecular flexibility index (Phi) is 5.46. The predicted octanol–water partition coefficient (Wildman–Crippen LogP) is 2.89. The summed E-state index contributed by atoms with van der Waals surface area (Å²) in [5, 5.41) is 10.7. The number of piperidine rings is 1. The molecule has 1 saturated carbocycles. The third kappa shape index (κ3) is 3.71. The Morgan fingerprint density at radius 1 is 1.13 bits per heavy atom. The number of likely N-dealkylation sites (tertiary alicyclic amines) is 1. The summed E-state index contributed by atoms with van der Waals surface area (Å²) in [7, 11) is 0. The SMILES string of the molecule is CC1CCCN(CC2C(O)CCC3C(=O)C(c4ccc5c(c4)OCCO5)=COC32)C1. The Morgan fingerprint density at radius 3 is 2.80 bits per heavy atom. The van der Waals surface area contributed by atoms with Crippen LogP contribution in [0.3, 0.4) is 0 Å². The van der Waals surface area contributed by atoms with Crippen molar-refractivity contribution in [2.24, 2.45) is 17.8 Å². The first-order valence-electron chi connectivity index (χ1n) is 11.3. The van der Waals surface area contributed by atoms with Gasteiger partial charge in [0.2, 0.25) is 0 Å². The van der Waals surface area contributed by atoms with Crippen molar-refractivity contribution >= 4 is 11.4 Å². The quantitative estimate of drug-likeness (QED) is 0.822. The number of ketones is 1. The number of nitrogens with zero attached hydrogens (tertiary/aromatic N) is 1. The molecular formula is C24H31NO5. The largest absolute Gasteiger partial charge is 0.496 e. The number of fused-ring (bicyclic) bond motifs is 2. The number of aliphatic hydroxyl groups excluding tert-OH is 1. The van der Waals surface area contributed by atoms with E-state index in [2.05, 4.69) is 11.8 Å². The minimum absolute atomic E-state index is 0.0314. The third-order valence-electron chi connectivity index (χ3n) is 7.09. The van der Waals surface area contributed by atoms with Crippen molar-refractivity contribution in [3.63, 3.8) is 0 Å². The van der Waals surface area contributed by atoms with Crippen molar-refractivity contribution in [2.45, 2.75) is 44.8 Å². The number of allylic oxidation sites excluding steroid dienone is 1. The van der Waals surface area contributed by atoms with E-state index in [1.165, 1.54) is 12.8 Å². The van der Waals surface area contributed by atoms with Crippen LogP contribution in [-0.2, 0) is 9.53 Å². The molecule has 0 radical (unpaired) electrons. The van der Waals surface area contributed by atoms with Gasteiger partial charge in [-0.05, 0) is 55.8 Å². The summed E-state index contributed by atoms with van der Waals surface area (Å²) in [5.41, 5.74) is 1.39. The fourth-order valence-electron chi connectivity index (χ4n) is 5.52. The predicted molar refractivity (Wildman–Crippen MR) is 112 cm³/mol. The average molecular weight is 414 g/mol. The number of rotatable bonds is 3. The summed E-state index contributed by atoms with van der Waals surface area (Å²) in [6, 6.07) is 5.62. The molecular weight excluding hydrogens is 382 g/mol. The van der Waals surface area contributed by atoms with Crippen LogP contribution in [0.5, 0.6) is 11.5 Å². The summed E-state index contributed by atoms with van der Waals surface area (Å²) in [6.07, 6.45) is 4.73. The van der Waals surface area contributed by atoms with E-state index in [0.29, 0.717) is 49.0 Å². The summed E-state index contributed by atoms with van der Waals surface area (Å²) in [5.74, 6) is 1.96. The van der Waals surface area contributed by atoms with Crippen molar-refractivity contribution in [3.8, 4) is 11.5 Å². The zero-order chi connectivity index (χ0) is 20.7. The molecule has 0 amide bonds. The first kappa shape index (κ1) is 19.9. The lowest BCUT2D eigenvalue weighted by Crippen LogP contribution is -2.53. The second-order valence-corrected chi connectivity index (χ2v) is 9.28. The van der Waals surface area contributed by atoms with Gasteiger partial charge in [0, 0.05) is 19.0 Å². The van der Waals surface area contributed by atoms with Crippen LogP contribution >= 0.6 is 0 Å². The van der Waals surface area contributed by atoms with Crippen molar-refractivity contribution in [3.05, 3.63) is 30.0 Å². The van der Waals surface area contributed by atoms with Crippen molar-refractivity contribution < 1.29 is 24.1 Å². The number of Topliss-reactive ketones (excluding diaryl/α,β-unsaturated/α-hetero) is 1. The summed E-state index contributed by atoms with van der Waals surface area (Å²) < 4.78 is 17.4. The van der Waals surface area contributed by atoms with Gasteiger partial charge in [-0.15, -0.1) is 0 Å². The Labute approximate surface area is 177 Å². The van der Waals surface area contributed by atoms with Gasteiger partial charge in [0.1, 0.15) is 19.3 Å². The highest BCUT2D eigenvalue weighted by Gasteiger charge is 2.46. The van der Waals surface area contributed by atoms with Gasteiger partial charge in [0.05, 0.1) is 23.9 Å². The monoisotopic (exact) mass is 413 g/mol. The van der Waals surface area contributed by atoms with Crippen molar-refractivity contribution in [1.29, 1.82) is 0 Å². The fourth-order valence-corrected chi connectivity index (χ4v) is 5.52. The smallest absolute Gasteiger partial charge is 0.173 e. The Morgan fingerprint density at radius 2 is 1.97 bits per heavy atom. The van der Waals surface area contributed by atoms with Crippen LogP contribution in [0.2, 0.25) is 0 Å². The number of carbonyl (C=O) groups excluding carboxylic acids is 1. The molecule has 4 aliphatic rings. The molecule has 1 aromatic rings. The van der Waals surface area contributed by atoms with Gasteiger partial charge in [-0.25, -0.2) is 0 Å². The summed E-state index contributed by atoms with van der Waals surface area (Å²) in [6.45, 7) is 6.27. The zero-order valence-corrected chi connectivity index (χ0v) is 17.6. The molecule has 1 saturated heterocycles. The molecule has 2 fully saturated rings. The third-order valence-corrected chi connectivity index (χ3v) is 7.09. The maximum atomic E-state index is 13.4. The molecule has 5 atom stereocenters. The summed E-state index contributed by atoms with van der Waals surface area (Å²) in [4.78, 5) is 15.9. The molecule has 1 aliphatic carbocycles. The Hall–Kier alpha value is -2.05. The zero-order valence-electron chi connectivity index (χ0n) is 17.6. The van der Waals surface area contributed by atoms with E-state index in [0.717, 1.165) is 25.2 Å². The van der Waals surface area contributed by atoms with Gasteiger partial charge in [-0.2, -0.15) is 0 Å². The van der Waals surface area contributed by atoms with Crippen LogP contribution in [0, 0.1) is 17.8 Å². The number of carbonyl (C=O) groups is 1. The van der Waals surface area contributed by atoms with Crippen molar-refractivity contribution in [2.75, 3.05) is 32.8 Å². The standard InChI is InChI=1S/C24H31NO5/c1-15-3-2-8-25(12-15)13-18-20(26)6-5-17-23(27)19(14-30-24(17)18)16-4-7-21-22(11-16)29-10-9-28-21/h4,7,11,14-15,17-18,20,24,26H,2-3,5-6,8-10,12-13H2,1H3. The molecule has 6 nitrogen and oxygen atoms in total. The number of ether oxygens (including phenoxy) is 3. The van der Waals surface area contributed by atoms with Crippen LogP contribution in [-0.4, -0.2) is 60.8 Å². The van der Waals surface area contributed by atoms with E-state index in [-0.39, 0.29) is 23.7 Å². The first-order chi connectivity index (χ1) is 14.6. The molecule has 3 aliphatic heterocycles. The van der Waals surface area contributed by atoms with E-state index in [9.17, 15) is 9.90 Å². The number of hydrogen-bond acceptors (Lipinski definition) is 6. The van der Waals surface area contributed by atoms with Gasteiger partial charge >= 0.3 is 0 Å². The molecule has 5 rings (SSSR count). The lowest BCUT2D eigenvalue weighted by molar-refractivity contribution is -0.133. The maximum Gasteiger partial charge on any atom is 0.173 e. The summed E-state index contributed by atoms with van der Waals surface area (Å²) >= 11 is 0. The fraction of sp³-hybridized carbons (Fsp3) is 0.625. The number of aliphatic hydroxyl groups is 1. The lowest BCUT2D eigenvalue weighted by atomic mass is 9.72. The minimum Gasteiger partial charge on any atom is -0.496 e. The van der Waals surface area contributed by atoms with Crippen LogP contribution < -0.4 is 9.47 Å². The van der Waals surface area contributed by atoms with Crippen LogP contribution in [0.1, 0.15) is 38.2 Å².